The molecule has 1 fully saturated rings. The van der Waals surface area contributed by atoms with Gasteiger partial charge >= 0.3 is 7.12 Å². The van der Waals surface area contributed by atoms with Crippen molar-refractivity contribution in [1.82, 2.24) is 5.32 Å². The van der Waals surface area contributed by atoms with Crippen molar-refractivity contribution in [3.63, 3.8) is 0 Å². The van der Waals surface area contributed by atoms with Crippen molar-refractivity contribution in [2.75, 3.05) is 11.9 Å². The van der Waals surface area contributed by atoms with Crippen LogP contribution in [-0.2, 0) is 9.31 Å². The Morgan fingerprint density at radius 3 is 2.86 bits per heavy atom. The molecule has 2 aliphatic heterocycles. The van der Waals surface area contributed by atoms with Gasteiger partial charge in [-0.3, -0.25) is 4.79 Å². The number of carbonyl (C=O) groups is 1. The minimum absolute atomic E-state index is 0.0629. The lowest BCUT2D eigenvalue weighted by molar-refractivity contribution is 0.0945. The highest BCUT2D eigenvalue weighted by atomic mass is 16.7. The molecule has 1 atom stereocenters. The van der Waals surface area contributed by atoms with E-state index in [0.717, 1.165) is 11.2 Å². The zero-order valence-corrected chi connectivity index (χ0v) is 12.5. The highest BCUT2D eigenvalue weighted by Gasteiger charge is 2.43. The summed E-state index contributed by atoms with van der Waals surface area (Å²) in [6, 6.07) is 5.65. The minimum atomic E-state index is -0.503. The molecule has 1 aromatic carbocycles. The Morgan fingerprint density at radius 2 is 2.19 bits per heavy atom. The van der Waals surface area contributed by atoms with Crippen molar-refractivity contribution in [2.24, 2.45) is 0 Å². The molecule has 0 saturated carbocycles. The maximum absolute atomic E-state index is 12.1. The van der Waals surface area contributed by atoms with Gasteiger partial charge in [0.1, 0.15) is 5.60 Å². The Kier molecular flexibility index (Phi) is 3.21. The lowest BCUT2D eigenvalue weighted by atomic mass is 9.78. The van der Waals surface area contributed by atoms with Crippen LogP contribution in [0.5, 0.6) is 0 Å². The van der Waals surface area contributed by atoms with Gasteiger partial charge in [0.25, 0.3) is 5.91 Å². The van der Waals surface area contributed by atoms with Crippen molar-refractivity contribution in [1.29, 1.82) is 0 Å². The van der Waals surface area contributed by atoms with E-state index in [1.165, 1.54) is 0 Å². The zero-order valence-electron chi connectivity index (χ0n) is 12.5. The molecule has 0 radical (unpaired) electrons. The number of carbonyl (C=O) groups excluding carboxylic acids is 1. The number of fused-ring (bicyclic) bond motifs is 1. The smallest absolute Gasteiger partial charge is 0.534 e. The summed E-state index contributed by atoms with van der Waals surface area (Å²) in [5.74, 6) is 0.550. The van der Waals surface area contributed by atoms with Crippen LogP contribution in [0.2, 0.25) is 0 Å². The van der Waals surface area contributed by atoms with E-state index >= 15 is 0 Å². The SMILES string of the molecule is C=C1OB(c2ccc3c(c2)NC[C@H](C)NC3=O)OC1(C)C. The Balaban J connectivity index is 1.91. The molecule has 0 bridgehead atoms. The van der Waals surface area contributed by atoms with Gasteiger partial charge in [-0.15, -0.1) is 0 Å². The lowest BCUT2D eigenvalue weighted by Crippen LogP contribution is -2.35. The molecule has 1 saturated heterocycles. The maximum Gasteiger partial charge on any atom is 0.563 e. The van der Waals surface area contributed by atoms with Crippen molar-refractivity contribution in [2.45, 2.75) is 32.4 Å². The average Bonchev–Trinajstić information content (AvgIpc) is 2.61. The number of benzene rings is 1. The fourth-order valence-corrected chi connectivity index (χ4v) is 2.43. The van der Waals surface area contributed by atoms with Crippen LogP contribution in [-0.4, -0.2) is 31.2 Å². The average molecular weight is 286 g/mol. The molecule has 0 aromatic heterocycles. The largest absolute Gasteiger partial charge is 0.563 e. The first-order valence-corrected chi connectivity index (χ1v) is 7.09. The van der Waals surface area contributed by atoms with Gasteiger partial charge in [0, 0.05) is 18.3 Å². The molecule has 110 valence electrons. The van der Waals surface area contributed by atoms with Crippen LogP contribution >= 0.6 is 0 Å². The molecular formula is C15H19BN2O3. The fraction of sp³-hybridized carbons (Fsp3) is 0.400. The van der Waals surface area contributed by atoms with Gasteiger partial charge in [-0.25, -0.2) is 0 Å². The van der Waals surface area contributed by atoms with Gasteiger partial charge < -0.3 is 19.9 Å². The summed E-state index contributed by atoms with van der Waals surface area (Å²) in [5, 5.41) is 6.21. The standard InChI is InChI=1S/C15H19BN2O3/c1-9-8-17-13-7-11(5-6-12(13)14(19)18-9)16-20-10(2)15(3,4)21-16/h5-7,9,17H,2,8H2,1,3-4H3,(H,18,19)/t9-/m0/s1. The van der Waals surface area contributed by atoms with Crippen LogP contribution in [0.1, 0.15) is 31.1 Å². The maximum atomic E-state index is 12.1. The van der Waals surface area contributed by atoms with Gasteiger partial charge in [0.15, 0.2) is 0 Å². The third-order valence-electron chi connectivity index (χ3n) is 3.86. The molecular weight excluding hydrogens is 267 g/mol. The van der Waals surface area contributed by atoms with Gasteiger partial charge in [-0.05, 0) is 38.4 Å². The minimum Gasteiger partial charge on any atom is -0.534 e. The number of hydrogen-bond donors (Lipinski definition) is 2. The summed E-state index contributed by atoms with van der Waals surface area (Å²) < 4.78 is 11.6. The molecule has 21 heavy (non-hydrogen) atoms. The molecule has 5 nitrogen and oxygen atoms in total. The highest BCUT2D eigenvalue weighted by molar-refractivity contribution is 6.62. The molecule has 0 spiro atoms. The van der Waals surface area contributed by atoms with E-state index in [2.05, 4.69) is 17.2 Å². The number of amides is 1. The van der Waals surface area contributed by atoms with Crippen LogP contribution in [0.15, 0.2) is 30.5 Å². The fourth-order valence-electron chi connectivity index (χ4n) is 2.43. The first kappa shape index (κ1) is 14.0. The van der Waals surface area contributed by atoms with Crippen LogP contribution in [0.4, 0.5) is 5.69 Å². The van der Waals surface area contributed by atoms with Gasteiger partial charge in [0.2, 0.25) is 0 Å². The van der Waals surface area contributed by atoms with Crippen LogP contribution < -0.4 is 16.1 Å². The van der Waals surface area contributed by atoms with Gasteiger partial charge in [-0.1, -0.05) is 12.6 Å². The second-order valence-electron chi connectivity index (χ2n) is 6.06. The Labute approximate surface area is 124 Å². The monoisotopic (exact) mass is 286 g/mol. The van der Waals surface area contributed by atoms with E-state index in [9.17, 15) is 4.79 Å². The van der Waals surface area contributed by atoms with Gasteiger partial charge in [-0.2, -0.15) is 0 Å². The van der Waals surface area contributed by atoms with Crippen molar-refractivity contribution >= 4 is 24.2 Å². The molecule has 6 heteroatoms. The predicted octanol–water partition coefficient (Wildman–Crippen LogP) is 1.26. The highest BCUT2D eigenvalue weighted by Crippen LogP contribution is 2.29. The van der Waals surface area contributed by atoms with Gasteiger partial charge in [0.05, 0.1) is 11.3 Å². The summed E-state index contributed by atoms with van der Waals surface area (Å²) in [6.45, 7) is 10.4. The lowest BCUT2D eigenvalue weighted by Gasteiger charge is -2.15. The third kappa shape index (κ3) is 2.51. The summed E-state index contributed by atoms with van der Waals surface area (Å²) in [4.78, 5) is 12.1. The normalized spacial score (nSPS) is 23.8. The second-order valence-corrected chi connectivity index (χ2v) is 6.06. The van der Waals surface area contributed by atoms with E-state index in [0.29, 0.717) is 17.9 Å². The second kappa shape index (κ2) is 4.81. The quantitative estimate of drug-likeness (QED) is 0.763. The molecule has 1 amide bonds. The van der Waals surface area contributed by atoms with E-state index in [-0.39, 0.29) is 11.9 Å². The molecule has 0 unspecified atom stereocenters. The van der Waals surface area contributed by atoms with E-state index < -0.39 is 12.7 Å². The Bertz CT molecular complexity index is 615. The topological polar surface area (TPSA) is 59.6 Å². The molecule has 2 aliphatic rings. The first-order chi connectivity index (χ1) is 9.87. The van der Waals surface area contributed by atoms with Crippen LogP contribution in [0, 0.1) is 0 Å². The number of rotatable bonds is 1. The summed E-state index contributed by atoms with van der Waals surface area (Å²) >= 11 is 0. The number of anilines is 1. The van der Waals surface area contributed by atoms with E-state index in [1.54, 1.807) is 6.07 Å². The molecule has 0 aliphatic carbocycles. The Morgan fingerprint density at radius 1 is 1.43 bits per heavy atom. The van der Waals surface area contributed by atoms with Crippen molar-refractivity contribution < 1.29 is 14.1 Å². The third-order valence-corrected chi connectivity index (χ3v) is 3.86. The molecule has 2 N–H and O–H groups in total. The van der Waals surface area contributed by atoms with Crippen molar-refractivity contribution in [3.05, 3.63) is 36.1 Å². The predicted molar refractivity (Wildman–Crippen MR) is 82.6 cm³/mol. The zero-order chi connectivity index (χ0) is 15.2. The summed E-state index contributed by atoms with van der Waals surface area (Å²) in [6.07, 6.45) is 0. The first-order valence-electron chi connectivity index (χ1n) is 7.09. The summed E-state index contributed by atoms with van der Waals surface area (Å²) in [5.41, 5.74) is 1.81. The molecule has 1 aromatic rings. The molecule has 3 rings (SSSR count). The molecule has 2 heterocycles. The number of hydrogen-bond acceptors (Lipinski definition) is 4. The Hall–Kier alpha value is -1.95. The number of nitrogens with one attached hydrogen (secondary N) is 2. The van der Waals surface area contributed by atoms with E-state index in [4.69, 9.17) is 9.31 Å². The van der Waals surface area contributed by atoms with E-state index in [1.807, 2.05) is 32.9 Å². The van der Waals surface area contributed by atoms with Crippen molar-refractivity contribution in [3.8, 4) is 0 Å². The van der Waals surface area contributed by atoms with Crippen LogP contribution in [0.25, 0.3) is 0 Å². The summed E-state index contributed by atoms with van der Waals surface area (Å²) in [7, 11) is -0.483. The van der Waals surface area contributed by atoms with Crippen LogP contribution in [0.3, 0.4) is 0 Å².